The average molecular weight is 410 g/mol. The Bertz CT molecular complexity index is 1280. The number of benzene rings is 2. The summed E-state index contributed by atoms with van der Waals surface area (Å²) in [5.74, 6) is 0.0793. The maximum atomic E-state index is 13.7. The molecule has 2 aromatic carbocycles. The van der Waals surface area contributed by atoms with Gasteiger partial charge in [0.1, 0.15) is 0 Å². The summed E-state index contributed by atoms with van der Waals surface area (Å²) in [5.41, 5.74) is 7.01. The van der Waals surface area contributed by atoms with E-state index in [0.717, 1.165) is 51.8 Å². The van der Waals surface area contributed by atoms with E-state index in [-0.39, 0.29) is 11.9 Å². The van der Waals surface area contributed by atoms with Crippen LogP contribution in [0.4, 0.5) is 0 Å². The first kappa shape index (κ1) is 19.6. The van der Waals surface area contributed by atoms with Crippen LogP contribution in [0.1, 0.15) is 52.5 Å². The van der Waals surface area contributed by atoms with Crippen LogP contribution >= 0.6 is 0 Å². The fourth-order valence-corrected chi connectivity index (χ4v) is 4.58. The number of aryl methyl sites for hydroxylation is 3. The molecule has 1 saturated carbocycles. The molecule has 1 aliphatic carbocycles. The molecule has 0 radical (unpaired) electrons. The molecule has 2 aromatic heterocycles. The molecule has 1 atom stereocenters. The highest BCUT2D eigenvalue weighted by Gasteiger charge is 2.52. The third-order valence-electron chi connectivity index (χ3n) is 6.51. The van der Waals surface area contributed by atoms with Crippen LogP contribution < -0.4 is 5.32 Å². The smallest absolute Gasteiger partial charge is 0.231 e. The van der Waals surface area contributed by atoms with Crippen molar-refractivity contribution >= 4 is 16.8 Å². The van der Waals surface area contributed by atoms with Crippen molar-refractivity contribution in [3.8, 4) is 0 Å². The molecule has 4 heteroatoms. The molecule has 2 N–H and O–H groups in total. The molecule has 1 unspecified atom stereocenters. The molecule has 4 nitrogen and oxygen atoms in total. The monoisotopic (exact) mass is 409 g/mol. The molecular weight excluding hydrogens is 382 g/mol. The van der Waals surface area contributed by atoms with E-state index in [2.05, 4.69) is 66.6 Å². The summed E-state index contributed by atoms with van der Waals surface area (Å²) in [7, 11) is 0. The lowest BCUT2D eigenvalue weighted by Crippen LogP contribution is -2.38. The van der Waals surface area contributed by atoms with Crippen molar-refractivity contribution in [3.05, 3.63) is 101 Å². The Kier molecular flexibility index (Phi) is 4.66. The minimum absolute atomic E-state index is 0.0793. The molecule has 5 rings (SSSR count). The Hall–Kier alpha value is -3.40. The Morgan fingerprint density at radius 1 is 1.03 bits per heavy atom. The molecule has 0 saturated heterocycles. The number of carbonyl (C=O) groups is 1. The predicted octanol–water partition coefficient (Wildman–Crippen LogP) is 5.43. The fourth-order valence-electron chi connectivity index (χ4n) is 4.58. The van der Waals surface area contributed by atoms with Crippen molar-refractivity contribution in [2.45, 2.75) is 45.1 Å². The van der Waals surface area contributed by atoms with E-state index < -0.39 is 5.41 Å². The minimum atomic E-state index is -0.452. The quantitative estimate of drug-likeness (QED) is 0.462. The number of H-pyrrole nitrogens is 1. The van der Waals surface area contributed by atoms with Gasteiger partial charge >= 0.3 is 0 Å². The summed E-state index contributed by atoms with van der Waals surface area (Å²) < 4.78 is 0. The molecule has 156 valence electrons. The van der Waals surface area contributed by atoms with E-state index in [1.165, 1.54) is 5.56 Å². The summed E-state index contributed by atoms with van der Waals surface area (Å²) in [5, 5.41) is 4.51. The number of hydrogen-bond donors (Lipinski definition) is 2. The SMILES string of the molecule is Cc1ccc(C(NC(=O)C2(c3ccc4[nH]ccc4c3)CC2)c2cccc(C)n2)c(C)c1. The zero-order valence-corrected chi connectivity index (χ0v) is 18.2. The van der Waals surface area contributed by atoms with Gasteiger partial charge in [0.15, 0.2) is 0 Å². The van der Waals surface area contributed by atoms with Gasteiger partial charge in [-0.25, -0.2) is 0 Å². The molecule has 31 heavy (non-hydrogen) atoms. The normalized spacial score (nSPS) is 15.6. The van der Waals surface area contributed by atoms with Crippen LogP contribution in [0.3, 0.4) is 0 Å². The summed E-state index contributed by atoms with van der Waals surface area (Å²) in [6, 6.07) is 20.5. The topological polar surface area (TPSA) is 57.8 Å². The van der Waals surface area contributed by atoms with Gasteiger partial charge in [-0.1, -0.05) is 35.9 Å². The van der Waals surface area contributed by atoms with Gasteiger partial charge in [-0.05, 0) is 86.0 Å². The number of amides is 1. The third-order valence-corrected chi connectivity index (χ3v) is 6.51. The molecular formula is C27H27N3O. The number of nitrogens with one attached hydrogen (secondary N) is 2. The van der Waals surface area contributed by atoms with Crippen LogP contribution in [0.5, 0.6) is 0 Å². The molecule has 1 fully saturated rings. The zero-order chi connectivity index (χ0) is 21.6. The number of hydrogen-bond acceptors (Lipinski definition) is 2. The Morgan fingerprint density at radius 2 is 1.87 bits per heavy atom. The first-order valence-electron chi connectivity index (χ1n) is 10.9. The lowest BCUT2D eigenvalue weighted by Gasteiger charge is -2.25. The number of fused-ring (bicyclic) bond motifs is 1. The molecule has 4 aromatic rings. The summed E-state index contributed by atoms with van der Waals surface area (Å²) in [6.07, 6.45) is 3.68. The largest absolute Gasteiger partial charge is 0.361 e. The lowest BCUT2D eigenvalue weighted by atomic mass is 9.91. The first-order chi connectivity index (χ1) is 15.0. The minimum Gasteiger partial charge on any atom is -0.361 e. The second-order valence-electron chi connectivity index (χ2n) is 8.83. The van der Waals surface area contributed by atoms with Gasteiger partial charge in [-0.2, -0.15) is 0 Å². The summed E-state index contributed by atoms with van der Waals surface area (Å²) in [6.45, 7) is 6.18. The van der Waals surface area contributed by atoms with Crippen LogP contribution in [0, 0.1) is 20.8 Å². The standard InChI is InChI=1S/C27H27N3O/c1-17-7-9-22(18(2)15-17)25(24-6-4-5-19(3)29-24)30-26(31)27(12-13-27)21-8-10-23-20(16-21)11-14-28-23/h4-11,14-16,25,28H,12-13H2,1-3H3,(H,30,31). The summed E-state index contributed by atoms with van der Waals surface area (Å²) >= 11 is 0. The van der Waals surface area contributed by atoms with E-state index >= 15 is 0 Å². The van der Waals surface area contributed by atoms with E-state index in [1.54, 1.807) is 0 Å². The molecule has 0 spiro atoms. The van der Waals surface area contributed by atoms with Crippen LogP contribution in [0.2, 0.25) is 0 Å². The van der Waals surface area contributed by atoms with E-state index in [0.29, 0.717) is 0 Å². The van der Waals surface area contributed by atoms with Gasteiger partial charge in [0.2, 0.25) is 5.91 Å². The van der Waals surface area contributed by atoms with Gasteiger partial charge in [0.25, 0.3) is 0 Å². The van der Waals surface area contributed by atoms with Crippen LogP contribution in [-0.4, -0.2) is 15.9 Å². The highest BCUT2D eigenvalue weighted by Crippen LogP contribution is 2.49. The molecule has 0 aliphatic heterocycles. The number of carbonyl (C=O) groups excluding carboxylic acids is 1. The zero-order valence-electron chi connectivity index (χ0n) is 18.2. The maximum absolute atomic E-state index is 13.7. The maximum Gasteiger partial charge on any atom is 0.231 e. The fraction of sp³-hybridized carbons (Fsp3) is 0.259. The van der Waals surface area contributed by atoms with E-state index in [9.17, 15) is 4.79 Å². The van der Waals surface area contributed by atoms with Gasteiger partial charge in [-0.15, -0.1) is 0 Å². The highest BCUT2D eigenvalue weighted by molar-refractivity contribution is 5.93. The van der Waals surface area contributed by atoms with Crippen molar-refractivity contribution in [1.29, 1.82) is 0 Å². The predicted molar refractivity (Wildman–Crippen MR) is 124 cm³/mol. The highest BCUT2D eigenvalue weighted by atomic mass is 16.2. The first-order valence-corrected chi connectivity index (χ1v) is 10.9. The second-order valence-corrected chi connectivity index (χ2v) is 8.83. The van der Waals surface area contributed by atoms with E-state index in [1.807, 2.05) is 31.3 Å². The van der Waals surface area contributed by atoms with Gasteiger partial charge < -0.3 is 10.3 Å². The Balaban J connectivity index is 1.52. The van der Waals surface area contributed by atoms with Crippen LogP contribution in [-0.2, 0) is 10.2 Å². The lowest BCUT2D eigenvalue weighted by molar-refractivity contribution is -0.124. The third kappa shape index (κ3) is 3.52. The van der Waals surface area contributed by atoms with Gasteiger partial charge in [0.05, 0.1) is 17.2 Å². The van der Waals surface area contributed by atoms with Crippen molar-refractivity contribution in [3.63, 3.8) is 0 Å². The molecule has 1 aliphatic rings. The Labute approximate surface area is 182 Å². The second kappa shape index (κ2) is 7.38. The van der Waals surface area contributed by atoms with Crippen molar-refractivity contribution in [2.24, 2.45) is 0 Å². The van der Waals surface area contributed by atoms with Gasteiger partial charge in [-0.3, -0.25) is 9.78 Å². The molecule has 2 heterocycles. The number of nitrogens with zero attached hydrogens (tertiary/aromatic N) is 1. The Morgan fingerprint density at radius 3 is 2.61 bits per heavy atom. The number of pyridine rings is 1. The van der Waals surface area contributed by atoms with Crippen LogP contribution in [0.15, 0.2) is 66.9 Å². The van der Waals surface area contributed by atoms with E-state index in [4.69, 9.17) is 4.98 Å². The van der Waals surface area contributed by atoms with Crippen LogP contribution in [0.25, 0.3) is 10.9 Å². The van der Waals surface area contributed by atoms with Crippen molar-refractivity contribution in [2.75, 3.05) is 0 Å². The number of aromatic amines is 1. The van der Waals surface area contributed by atoms with Crippen molar-refractivity contribution < 1.29 is 4.79 Å². The van der Waals surface area contributed by atoms with Crippen molar-refractivity contribution in [1.82, 2.24) is 15.3 Å². The molecule has 0 bridgehead atoms. The van der Waals surface area contributed by atoms with Gasteiger partial charge in [0, 0.05) is 17.4 Å². The number of aromatic nitrogens is 2. The number of rotatable bonds is 5. The average Bonchev–Trinajstić information content (AvgIpc) is 3.43. The molecule has 1 amide bonds. The summed E-state index contributed by atoms with van der Waals surface area (Å²) in [4.78, 5) is 21.7.